The van der Waals surface area contributed by atoms with Crippen LogP contribution in [0.25, 0.3) is 11.3 Å². The van der Waals surface area contributed by atoms with E-state index in [-0.39, 0.29) is 0 Å². The second-order valence-electron chi connectivity index (χ2n) is 6.64. The van der Waals surface area contributed by atoms with E-state index in [0.29, 0.717) is 5.02 Å². The van der Waals surface area contributed by atoms with Crippen molar-refractivity contribution in [1.29, 1.82) is 0 Å². The number of carboxylic acids is 1. The number of nitrogens with zero attached hydrogens (tertiary/aromatic N) is 2. The molecule has 0 spiro atoms. The Hall–Kier alpha value is -2.09. The lowest BCUT2D eigenvalue weighted by molar-refractivity contribution is -0.138. The molecule has 0 aliphatic carbocycles. The molecule has 2 aromatic heterocycles. The quantitative estimate of drug-likeness (QED) is 0.459. The number of aromatic nitrogens is 2. The number of aliphatic carboxylic acids is 1. The third-order valence-corrected chi connectivity index (χ3v) is 6.43. The lowest BCUT2D eigenvalue weighted by Crippen LogP contribution is -2.26. The molecule has 2 heterocycles. The standard InChI is InChI=1S/C20H20ClN3O2S2/c1-20(2,18(25)26)28-19-24-16(12-27-19)9-10-22-15-7-8-17(23-11-15)13-3-5-14(21)6-4-13/h3-8,11-12,22H,9-10H2,1-2H3,(H,25,26). The van der Waals surface area contributed by atoms with Gasteiger partial charge in [0, 0.05) is 28.9 Å². The number of benzene rings is 1. The van der Waals surface area contributed by atoms with Gasteiger partial charge in [-0.3, -0.25) is 9.78 Å². The summed E-state index contributed by atoms with van der Waals surface area (Å²) in [5, 5.41) is 15.2. The summed E-state index contributed by atoms with van der Waals surface area (Å²) in [5.41, 5.74) is 3.80. The summed E-state index contributed by atoms with van der Waals surface area (Å²) in [4.78, 5) is 20.2. The lowest BCUT2D eigenvalue weighted by atomic mass is 10.1. The van der Waals surface area contributed by atoms with Crippen molar-refractivity contribution in [3.63, 3.8) is 0 Å². The fourth-order valence-electron chi connectivity index (χ4n) is 2.34. The van der Waals surface area contributed by atoms with E-state index < -0.39 is 10.7 Å². The summed E-state index contributed by atoms with van der Waals surface area (Å²) in [7, 11) is 0. The SMILES string of the molecule is CC(C)(Sc1nc(CCNc2ccc(-c3ccc(Cl)cc3)nc2)cs1)C(=O)O. The largest absolute Gasteiger partial charge is 0.480 e. The van der Waals surface area contributed by atoms with Crippen LogP contribution in [0.3, 0.4) is 0 Å². The van der Waals surface area contributed by atoms with Gasteiger partial charge in [0.05, 0.1) is 23.3 Å². The van der Waals surface area contributed by atoms with Crippen LogP contribution in [0.5, 0.6) is 0 Å². The van der Waals surface area contributed by atoms with E-state index in [2.05, 4.69) is 15.3 Å². The molecule has 0 bridgehead atoms. The fourth-order valence-corrected chi connectivity index (χ4v) is 4.69. The minimum Gasteiger partial charge on any atom is -0.480 e. The molecule has 0 aliphatic rings. The predicted molar refractivity (Wildman–Crippen MR) is 117 cm³/mol. The summed E-state index contributed by atoms with van der Waals surface area (Å²) < 4.78 is -0.110. The Morgan fingerprint density at radius 3 is 2.64 bits per heavy atom. The van der Waals surface area contributed by atoms with Crippen molar-refractivity contribution in [3.8, 4) is 11.3 Å². The monoisotopic (exact) mass is 433 g/mol. The maximum atomic E-state index is 11.2. The number of nitrogens with one attached hydrogen (secondary N) is 1. The number of hydrogen-bond donors (Lipinski definition) is 2. The Bertz CT molecular complexity index is 941. The lowest BCUT2D eigenvalue weighted by Gasteiger charge is -2.15. The van der Waals surface area contributed by atoms with Gasteiger partial charge in [-0.15, -0.1) is 11.3 Å². The number of carboxylic acid groups (broad SMARTS) is 1. The fraction of sp³-hybridized carbons (Fsp3) is 0.250. The molecule has 2 N–H and O–H groups in total. The molecule has 3 rings (SSSR count). The highest BCUT2D eigenvalue weighted by Gasteiger charge is 2.29. The van der Waals surface area contributed by atoms with Gasteiger partial charge in [-0.25, -0.2) is 4.98 Å². The summed E-state index contributed by atoms with van der Waals surface area (Å²) in [5.74, 6) is -0.842. The number of thiazole rings is 1. The number of hydrogen-bond acceptors (Lipinski definition) is 6. The Labute approximate surface area is 177 Å². The van der Waals surface area contributed by atoms with Gasteiger partial charge < -0.3 is 10.4 Å². The topological polar surface area (TPSA) is 75.1 Å². The van der Waals surface area contributed by atoms with Gasteiger partial charge in [0.1, 0.15) is 4.75 Å². The highest BCUT2D eigenvalue weighted by molar-refractivity contribution is 8.02. The van der Waals surface area contributed by atoms with Crippen LogP contribution in [-0.2, 0) is 11.2 Å². The minimum absolute atomic E-state index is 0.706. The Kier molecular flexibility index (Phi) is 6.59. The van der Waals surface area contributed by atoms with Crippen LogP contribution < -0.4 is 5.32 Å². The zero-order valence-electron chi connectivity index (χ0n) is 15.5. The average Bonchev–Trinajstić information content (AvgIpc) is 3.09. The maximum Gasteiger partial charge on any atom is 0.319 e. The second kappa shape index (κ2) is 8.94. The van der Waals surface area contributed by atoms with Crippen LogP contribution >= 0.6 is 34.7 Å². The molecular weight excluding hydrogens is 414 g/mol. The zero-order valence-corrected chi connectivity index (χ0v) is 17.9. The van der Waals surface area contributed by atoms with Gasteiger partial charge in [0.25, 0.3) is 0 Å². The van der Waals surface area contributed by atoms with Gasteiger partial charge in [0.15, 0.2) is 4.34 Å². The molecule has 0 amide bonds. The van der Waals surface area contributed by atoms with Gasteiger partial charge in [0.2, 0.25) is 0 Å². The van der Waals surface area contributed by atoms with E-state index in [9.17, 15) is 9.90 Å². The average molecular weight is 434 g/mol. The molecule has 0 fully saturated rings. The molecule has 28 heavy (non-hydrogen) atoms. The summed E-state index contributed by atoms with van der Waals surface area (Å²) in [6, 6.07) is 11.6. The van der Waals surface area contributed by atoms with Crippen molar-refractivity contribution in [2.45, 2.75) is 29.4 Å². The molecule has 5 nitrogen and oxygen atoms in total. The van der Waals surface area contributed by atoms with Crippen LogP contribution in [-0.4, -0.2) is 32.3 Å². The molecule has 0 saturated carbocycles. The third-order valence-electron chi connectivity index (χ3n) is 4.00. The van der Waals surface area contributed by atoms with Crippen LogP contribution in [0, 0.1) is 0 Å². The van der Waals surface area contributed by atoms with E-state index >= 15 is 0 Å². The first-order valence-electron chi connectivity index (χ1n) is 8.66. The molecule has 0 unspecified atom stereocenters. The molecule has 8 heteroatoms. The van der Waals surface area contributed by atoms with Crippen molar-refractivity contribution in [3.05, 3.63) is 58.7 Å². The Balaban J connectivity index is 1.51. The Morgan fingerprint density at radius 1 is 1.25 bits per heavy atom. The number of pyridine rings is 1. The summed E-state index contributed by atoms with van der Waals surface area (Å²) in [6.45, 7) is 4.09. The first kappa shape index (κ1) is 20.6. The van der Waals surface area contributed by atoms with Crippen molar-refractivity contribution < 1.29 is 9.90 Å². The molecule has 0 atom stereocenters. The van der Waals surface area contributed by atoms with Crippen LogP contribution in [0.4, 0.5) is 5.69 Å². The Morgan fingerprint density at radius 2 is 2.00 bits per heavy atom. The predicted octanol–water partition coefficient (Wildman–Crippen LogP) is 5.47. The first-order chi connectivity index (χ1) is 13.3. The van der Waals surface area contributed by atoms with E-state index in [1.165, 1.54) is 23.1 Å². The molecule has 3 aromatic rings. The first-order valence-corrected chi connectivity index (χ1v) is 10.7. The number of thioether (sulfide) groups is 1. The normalized spacial score (nSPS) is 11.4. The van der Waals surface area contributed by atoms with Gasteiger partial charge >= 0.3 is 5.97 Å². The number of halogens is 1. The van der Waals surface area contributed by atoms with Crippen molar-refractivity contribution in [2.75, 3.05) is 11.9 Å². The van der Waals surface area contributed by atoms with E-state index in [0.717, 1.165) is 39.9 Å². The molecule has 0 radical (unpaired) electrons. The van der Waals surface area contributed by atoms with Crippen LogP contribution in [0.2, 0.25) is 5.02 Å². The summed E-state index contributed by atoms with van der Waals surface area (Å²) in [6.07, 6.45) is 2.56. The van der Waals surface area contributed by atoms with E-state index in [1.807, 2.05) is 48.0 Å². The van der Waals surface area contributed by atoms with E-state index in [4.69, 9.17) is 11.6 Å². The molecule has 146 valence electrons. The minimum atomic E-state index is -0.884. The van der Waals surface area contributed by atoms with Crippen molar-refractivity contribution in [2.24, 2.45) is 0 Å². The van der Waals surface area contributed by atoms with Gasteiger partial charge in [-0.05, 0) is 38.1 Å². The second-order valence-corrected chi connectivity index (χ2v) is 9.80. The van der Waals surface area contributed by atoms with E-state index in [1.54, 1.807) is 13.8 Å². The highest BCUT2D eigenvalue weighted by Crippen LogP contribution is 2.34. The number of anilines is 1. The van der Waals surface area contributed by atoms with Gasteiger partial charge in [-0.1, -0.05) is 35.5 Å². The number of rotatable bonds is 8. The molecule has 1 aromatic carbocycles. The van der Waals surface area contributed by atoms with Crippen LogP contribution in [0.1, 0.15) is 19.5 Å². The molecule has 0 saturated heterocycles. The smallest absolute Gasteiger partial charge is 0.319 e. The van der Waals surface area contributed by atoms with Crippen molar-refractivity contribution in [1.82, 2.24) is 9.97 Å². The maximum absolute atomic E-state index is 11.2. The highest BCUT2D eigenvalue weighted by atomic mass is 35.5. The van der Waals surface area contributed by atoms with Crippen molar-refractivity contribution >= 4 is 46.4 Å². The third kappa shape index (κ3) is 5.47. The van der Waals surface area contributed by atoms with Crippen LogP contribution in [0.15, 0.2) is 52.3 Å². The number of carbonyl (C=O) groups is 1. The summed E-state index contributed by atoms with van der Waals surface area (Å²) >= 11 is 8.67. The zero-order chi connectivity index (χ0) is 20.1. The molecular formula is C20H20ClN3O2S2. The molecule has 0 aliphatic heterocycles. The van der Waals surface area contributed by atoms with Gasteiger partial charge in [-0.2, -0.15) is 0 Å².